The lowest BCUT2D eigenvalue weighted by atomic mass is 9.93. The Kier molecular flexibility index (Phi) is 3.94. The summed E-state index contributed by atoms with van der Waals surface area (Å²) in [5, 5.41) is 8.53. The Morgan fingerprint density at radius 1 is 1.38 bits per heavy atom. The molecular formula is C15H19N5O. The summed E-state index contributed by atoms with van der Waals surface area (Å²) in [7, 11) is 0. The predicted molar refractivity (Wildman–Crippen MR) is 77.8 cm³/mol. The van der Waals surface area contributed by atoms with Crippen LogP contribution in [0.4, 0.5) is 0 Å². The molecule has 0 N–H and O–H groups in total. The van der Waals surface area contributed by atoms with Gasteiger partial charge in [-0.2, -0.15) is 5.10 Å². The van der Waals surface area contributed by atoms with E-state index in [9.17, 15) is 4.79 Å². The lowest BCUT2D eigenvalue weighted by Crippen LogP contribution is -2.39. The van der Waals surface area contributed by atoms with Crippen LogP contribution < -0.4 is 0 Å². The highest BCUT2D eigenvalue weighted by Gasteiger charge is 2.22. The number of piperidine rings is 1. The van der Waals surface area contributed by atoms with Crippen molar-refractivity contribution in [3.05, 3.63) is 36.5 Å². The molecular weight excluding hydrogens is 266 g/mol. The van der Waals surface area contributed by atoms with Crippen molar-refractivity contribution < 1.29 is 4.79 Å². The van der Waals surface area contributed by atoms with E-state index < -0.39 is 0 Å². The van der Waals surface area contributed by atoms with Crippen molar-refractivity contribution in [3.8, 4) is 5.82 Å². The number of carbonyl (C=O) groups is 1. The highest BCUT2D eigenvalue weighted by molar-refractivity contribution is 5.73. The van der Waals surface area contributed by atoms with Crippen LogP contribution in [0, 0.1) is 5.92 Å². The number of carbonyl (C=O) groups excluding carboxylic acids is 1. The molecule has 0 bridgehead atoms. The minimum absolute atomic E-state index is 0.168. The van der Waals surface area contributed by atoms with Crippen molar-refractivity contribution in [1.82, 2.24) is 24.6 Å². The molecule has 3 rings (SSSR count). The van der Waals surface area contributed by atoms with Crippen LogP contribution in [0.5, 0.6) is 0 Å². The van der Waals surface area contributed by atoms with Gasteiger partial charge in [-0.25, -0.2) is 4.98 Å². The number of aromatic nitrogens is 4. The van der Waals surface area contributed by atoms with Gasteiger partial charge in [-0.1, -0.05) is 0 Å². The molecule has 0 aliphatic carbocycles. The van der Waals surface area contributed by atoms with Crippen LogP contribution in [0.15, 0.2) is 30.9 Å². The second-order valence-electron chi connectivity index (χ2n) is 5.53. The van der Waals surface area contributed by atoms with Crippen molar-refractivity contribution in [1.29, 1.82) is 0 Å². The summed E-state index contributed by atoms with van der Waals surface area (Å²) in [6.45, 7) is 3.36. The molecule has 0 saturated carbocycles. The first-order chi connectivity index (χ1) is 10.2. The van der Waals surface area contributed by atoms with Crippen LogP contribution in [-0.2, 0) is 11.2 Å². The average molecular weight is 285 g/mol. The molecule has 110 valence electrons. The Labute approximate surface area is 123 Å². The summed E-state index contributed by atoms with van der Waals surface area (Å²) in [6.07, 6.45) is 8.36. The van der Waals surface area contributed by atoms with E-state index in [1.165, 1.54) is 0 Å². The van der Waals surface area contributed by atoms with Crippen molar-refractivity contribution >= 4 is 5.91 Å². The Morgan fingerprint density at radius 2 is 2.29 bits per heavy atom. The summed E-state index contributed by atoms with van der Waals surface area (Å²) in [5.74, 6) is 1.42. The number of hydrogen-bond acceptors (Lipinski definition) is 4. The second-order valence-corrected chi connectivity index (χ2v) is 5.53. The maximum Gasteiger partial charge on any atom is 0.219 e. The monoisotopic (exact) mass is 285 g/mol. The first-order valence-electron chi connectivity index (χ1n) is 7.29. The Balaban J connectivity index is 1.64. The van der Waals surface area contributed by atoms with Crippen molar-refractivity contribution in [2.75, 3.05) is 13.1 Å². The van der Waals surface area contributed by atoms with Gasteiger partial charge in [0.05, 0.1) is 5.69 Å². The zero-order valence-electron chi connectivity index (χ0n) is 12.1. The smallest absolute Gasteiger partial charge is 0.219 e. The molecule has 1 unspecified atom stereocenters. The van der Waals surface area contributed by atoms with Crippen molar-refractivity contribution in [2.45, 2.75) is 26.2 Å². The van der Waals surface area contributed by atoms with E-state index in [-0.39, 0.29) is 5.91 Å². The zero-order chi connectivity index (χ0) is 14.7. The molecule has 1 amide bonds. The normalized spacial score (nSPS) is 18.7. The van der Waals surface area contributed by atoms with E-state index >= 15 is 0 Å². The molecule has 1 atom stereocenters. The third kappa shape index (κ3) is 3.26. The average Bonchev–Trinajstić information content (AvgIpc) is 3.02. The second kappa shape index (κ2) is 6.03. The Bertz CT molecular complexity index is 593. The number of nitrogens with zero attached hydrogens (tertiary/aromatic N) is 5. The summed E-state index contributed by atoms with van der Waals surface area (Å²) < 4.78 is 1.83. The molecule has 1 aliphatic rings. The maximum atomic E-state index is 11.5. The Morgan fingerprint density at radius 3 is 2.95 bits per heavy atom. The Hall–Kier alpha value is -2.24. The van der Waals surface area contributed by atoms with E-state index in [1.54, 1.807) is 19.4 Å². The van der Waals surface area contributed by atoms with Crippen LogP contribution >= 0.6 is 0 Å². The summed E-state index contributed by atoms with van der Waals surface area (Å²) in [5.41, 5.74) is 0.981. The van der Waals surface area contributed by atoms with Gasteiger partial charge in [0.15, 0.2) is 5.82 Å². The van der Waals surface area contributed by atoms with E-state index in [0.29, 0.717) is 5.92 Å². The first kappa shape index (κ1) is 13.7. The maximum absolute atomic E-state index is 11.5. The van der Waals surface area contributed by atoms with Crippen LogP contribution in [0.25, 0.3) is 5.82 Å². The molecule has 3 heterocycles. The lowest BCUT2D eigenvalue weighted by molar-refractivity contribution is -0.130. The van der Waals surface area contributed by atoms with Gasteiger partial charge in [0.1, 0.15) is 6.33 Å². The number of amides is 1. The minimum atomic E-state index is 0.168. The zero-order valence-corrected chi connectivity index (χ0v) is 12.1. The summed E-state index contributed by atoms with van der Waals surface area (Å²) >= 11 is 0. The third-order valence-electron chi connectivity index (χ3n) is 3.94. The molecule has 2 aromatic rings. The number of rotatable bonds is 3. The van der Waals surface area contributed by atoms with Crippen LogP contribution in [-0.4, -0.2) is 43.6 Å². The van der Waals surface area contributed by atoms with E-state index in [4.69, 9.17) is 0 Å². The molecule has 1 fully saturated rings. The molecule has 0 spiro atoms. The fourth-order valence-corrected chi connectivity index (χ4v) is 2.81. The van der Waals surface area contributed by atoms with Crippen LogP contribution in [0.1, 0.15) is 25.5 Å². The first-order valence-corrected chi connectivity index (χ1v) is 7.29. The van der Waals surface area contributed by atoms with Gasteiger partial charge in [-0.3, -0.25) is 9.36 Å². The summed E-state index contributed by atoms with van der Waals surface area (Å²) in [6, 6.07) is 3.96. The standard InChI is InChI=1S/C15H19N5O/c1-12(21)19-7-2-3-13(10-19)9-14-4-5-15(18-17-14)20-8-6-16-11-20/h4-6,8,11,13H,2-3,7,9-10H2,1H3. The fraction of sp³-hybridized carbons (Fsp3) is 0.467. The van der Waals surface area contributed by atoms with E-state index in [1.807, 2.05) is 27.8 Å². The topological polar surface area (TPSA) is 63.9 Å². The highest BCUT2D eigenvalue weighted by atomic mass is 16.2. The number of likely N-dealkylation sites (tertiary alicyclic amines) is 1. The van der Waals surface area contributed by atoms with Gasteiger partial charge < -0.3 is 4.90 Å². The molecule has 0 aromatic carbocycles. The van der Waals surface area contributed by atoms with Crippen molar-refractivity contribution in [3.63, 3.8) is 0 Å². The molecule has 21 heavy (non-hydrogen) atoms. The largest absolute Gasteiger partial charge is 0.343 e. The van der Waals surface area contributed by atoms with Gasteiger partial charge in [0, 0.05) is 32.4 Å². The van der Waals surface area contributed by atoms with Crippen LogP contribution in [0.2, 0.25) is 0 Å². The molecule has 6 nitrogen and oxygen atoms in total. The minimum Gasteiger partial charge on any atom is -0.343 e. The fourth-order valence-electron chi connectivity index (χ4n) is 2.81. The number of hydrogen-bond donors (Lipinski definition) is 0. The van der Waals surface area contributed by atoms with Gasteiger partial charge in [0.2, 0.25) is 5.91 Å². The highest BCUT2D eigenvalue weighted by Crippen LogP contribution is 2.20. The molecule has 2 aromatic heterocycles. The van der Waals surface area contributed by atoms with Gasteiger partial charge in [-0.05, 0) is 37.3 Å². The molecule has 1 saturated heterocycles. The molecule has 6 heteroatoms. The molecule has 1 aliphatic heterocycles. The van der Waals surface area contributed by atoms with Crippen molar-refractivity contribution in [2.24, 2.45) is 5.92 Å². The molecule has 0 radical (unpaired) electrons. The van der Waals surface area contributed by atoms with E-state index in [0.717, 1.165) is 43.9 Å². The quantitative estimate of drug-likeness (QED) is 0.856. The van der Waals surface area contributed by atoms with E-state index in [2.05, 4.69) is 15.2 Å². The SMILES string of the molecule is CC(=O)N1CCCC(Cc2ccc(-n3ccnc3)nn2)C1. The summed E-state index contributed by atoms with van der Waals surface area (Å²) in [4.78, 5) is 17.4. The van der Waals surface area contributed by atoms with Gasteiger partial charge in [0.25, 0.3) is 0 Å². The number of imidazole rings is 1. The van der Waals surface area contributed by atoms with Gasteiger partial charge in [-0.15, -0.1) is 5.10 Å². The van der Waals surface area contributed by atoms with Crippen LogP contribution in [0.3, 0.4) is 0 Å². The predicted octanol–water partition coefficient (Wildman–Crippen LogP) is 1.46. The third-order valence-corrected chi connectivity index (χ3v) is 3.94. The van der Waals surface area contributed by atoms with Gasteiger partial charge >= 0.3 is 0 Å². The lowest BCUT2D eigenvalue weighted by Gasteiger charge is -2.31.